The largest absolute Gasteiger partial charge is 0.435 e. The number of amides is 1. The minimum absolute atomic E-state index is 0.0991. The normalized spacial score (nSPS) is 10.9. The van der Waals surface area contributed by atoms with Crippen LogP contribution in [0.4, 0.5) is 14.5 Å². The number of hydrogen-bond acceptors (Lipinski definition) is 3. The highest BCUT2D eigenvalue weighted by Crippen LogP contribution is 2.18. The van der Waals surface area contributed by atoms with Crippen molar-refractivity contribution in [1.29, 1.82) is 0 Å². The monoisotopic (exact) mass is 373 g/mol. The van der Waals surface area contributed by atoms with Crippen molar-refractivity contribution in [1.82, 2.24) is 9.36 Å². The van der Waals surface area contributed by atoms with Gasteiger partial charge in [-0.15, -0.1) is 0 Å². The van der Waals surface area contributed by atoms with Gasteiger partial charge >= 0.3 is 6.61 Å². The van der Waals surface area contributed by atoms with E-state index in [2.05, 4.69) is 10.1 Å². The van der Waals surface area contributed by atoms with E-state index in [1.807, 2.05) is 6.07 Å². The molecule has 0 bridgehead atoms. The lowest BCUT2D eigenvalue weighted by molar-refractivity contribution is -0.0498. The predicted molar refractivity (Wildman–Crippen MR) is 96.8 cm³/mol. The van der Waals surface area contributed by atoms with E-state index in [-0.39, 0.29) is 17.0 Å². The Hall–Kier alpha value is -3.42. The molecule has 3 rings (SSSR count). The van der Waals surface area contributed by atoms with Crippen LogP contribution in [0.25, 0.3) is 5.69 Å². The smallest absolute Gasteiger partial charge is 0.387 e. The zero-order valence-corrected chi connectivity index (χ0v) is 14.6. The molecule has 0 saturated carbocycles. The lowest BCUT2D eigenvalue weighted by Gasteiger charge is -2.07. The number of carbonyl (C=O) groups is 1. The molecule has 0 spiro atoms. The molecule has 0 atom stereocenters. The van der Waals surface area contributed by atoms with Gasteiger partial charge in [0.05, 0.1) is 11.4 Å². The molecule has 8 heteroatoms. The summed E-state index contributed by atoms with van der Waals surface area (Å²) in [5, 5.41) is 2.57. The van der Waals surface area contributed by atoms with E-state index in [0.717, 1.165) is 0 Å². The van der Waals surface area contributed by atoms with Crippen LogP contribution in [0.15, 0.2) is 59.4 Å². The maximum absolute atomic E-state index is 12.8. The first-order valence-corrected chi connectivity index (χ1v) is 8.08. The lowest BCUT2D eigenvalue weighted by atomic mass is 10.2. The summed E-state index contributed by atoms with van der Waals surface area (Å²) in [5.74, 6) is -0.732. The molecule has 6 nitrogen and oxygen atoms in total. The van der Waals surface area contributed by atoms with Crippen LogP contribution in [0, 0.1) is 6.92 Å². The molecule has 0 aliphatic carbocycles. The van der Waals surface area contributed by atoms with E-state index in [1.165, 1.54) is 28.9 Å². The maximum atomic E-state index is 12.8. The first kappa shape index (κ1) is 18.4. The summed E-state index contributed by atoms with van der Waals surface area (Å²) in [4.78, 5) is 25.3. The van der Waals surface area contributed by atoms with Crippen molar-refractivity contribution in [2.24, 2.45) is 7.05 Å². The van der Waals surface area contributed by atoms with Gasteiger partial charge in [0, 0.05) is 12.6 Å². The molecular weight excluding hydrogens is 356 g/mol. The second-order valence-electron chi connectivity index (χ2n) is 5.80. The number of hydrogen-bond donors (Lipinski definition) is 1. The zero-order valence-electron chi connectivity index (χ0n) is 14.6. The fourth-order valence-electron chi connectivity index (χ4n) is 2.71. The number of alkyl halides is 2. The Kier molecular flexibility index (Phi) is 5.07. The molecule has 0 unspecified atom stereocenters. The Bertz CT molecular complexity index is 1030. The number of benzene rings is 2. The highest BCUT2D eigenvalue weighted by molar-refractivity contribution is 6.04. The van der Waals surface area contributed by atoms with Crippen molar-refractivity contribution < 1.29 is 18.3 Å². The van der Waals surface area contributed by atoms with Gasteiger partial charge in [-0.2, -0.15) is 8.78 Å². The van der Waals surface area contributed by atoms with Gasteiger partial charge in [0.2, 0.25) is 0 Å². The van der Waals surface area contributed by atoms with Crippen molar-refractivity contribution in [3.05, 3.63) is 76.2 Å². The summed E-state index contributed by atoms with van der Waals surface area (Å²) in [6, 6.07) is 14.4. The van der Waals surface area contributed by atoms with Gasteiger partial charge in [-0.25, -0.2) is 4.68 Å². The van der Waals surface area contributed by atoms with Crippen LogP contribution in [0.3, 0.4) is 0 Å². The highest BCUT2D eigenvalue weighted by atomic mass is 19.3. The fraction of sp³-hybridized carbons (Fsp3) is 0.158. The number of para-hydroxylation sites is 1. The van der Waals surface area contributed by atoms with E-state index in [1.54, 1.807) is 42.9 Å². The topological polar surface area (TPSA) is 65.3 Å². The Labute approximate surface area is 153 Å². The average Bonchev–Trinajstić information content (AvgIpc) is 2.85. The molecule has 1 aromatic heterocycles. The van der Waals surface area contributed by atoms with Gasteiger partial charge in [-0.1, -0.05) is 24.3 Å². The first-order valence-electron chi connectivity index (χ1n) is 8.08. The van der Waals surface area contributed by atoms with Crippen LogP contribution >= 0.6 is 0 Å². The SMILES string of the molecule is Cc1c(NC(=O)c2cccc(OC(F)F)c2)c(=O)n(-c2ccccc2)n1C. The molecule has 0 aliphatic rings. The summed E-state index contributed by atoms with van der Waals surface area (Å²) in [5.41, 5.74) is 1.03. The van der Waals surface area contributed by atoms with Crippen LogP contribution < -0.4 is 15.6 Å². The van der Waals surface area contributed by atoms with Crippen molar-refractivity contribution >= 4 is 11.6 Å². The number of carbonyl (C=O) groups excluding carboxylic acids is 1. The summed E-state index contributed by atoms with van der Waals surface area (Å²) < 4.78 is 32.1. The Balaban J connectivity index is 1.93. The van der Waals surface area contributed by atoms with E-state index >= 15 is 0 Å². The van der Waals surface area contributed by atoms with Crippen LogP contribution in [-0.2, 0) is 7.05 Å². The summed E-state index contributed by atoms with van der Waals surface area (Å²) in [6.45, 7) is -1.29. The standard InChI is InChI=1S/C19H17F2N3O3/c1-12-16(18(26)24(23(12)2)14-8-4-3-5-9-14)22-17(25)13-7-6-10-15(11-13)27-19(20)21/h3-11,19H,1-2H3,(H,22,25). The molecule has 1 heterocycles. The van der Waals surface area contributed by atoms with Crippen LogP contribution in [0.1, 0.15) is 16.1 Å². The van der Waals surface area contributed by atoms with Crippen molar-refractivity contribution in [2.75, 3.05) is 5.32 Å². The fourth-order valence-corrected chi connectivity index (χ4v) is 2.71. The van der Waals surface area contributed by atoms with Crippen molar-refractivity contribution in [3.8, 4) is 11.4 Å². The molecule has 0 radical (unpaired) electrons. The number of halogens is 2. The number of aromatic nitrogens is 2. The molecule has 0 fully saturated rings. The van der Waals surface area contributed by atoms with Crippen molar-refractivity contribution in [2.45, 2.75) is 13.5 Å². The predicted octanol–water partition coefficient (Wildman–Crippen LogP) is 3.34. The van der Waals surface area contributed by atoms with Crippen LogP contribution in [-0.4, -0.2) is 21.9 Å². The summed E-state index contributed by atoms with van der Waals surface area (Å²) >= 11 is 0. The van der Waals surface area contributed by atoms with Gasteiger partial charge in [-0.05, 0) is 37.3 Å². The number of rotatable bonds is 5. The van der Waals surface area contributed by atoms with E-state index in [9.17, 15) is 18.4 Å². The summed E-state index contributed by atoms with van der Waals surface area (Å²) in [6.07, 6.45) is 0. The number of anilines is 1. The van der Waals surface area contributed by atoms with E-state index in [4.69, 9.17) is 0 Å². The number of ether oxygens (including phenoxy) is 1. The number of nitrogens with zero attached hydrogens (tertiary/aromatic N) is 2. The van der Waals surface area contributed by atoms with Gasteiger partial charge in [-0.3, -0.25) is 14.3 Å². The third-order valence-electron chi connectivity index (χ3n) is 4.11. The minimum Gasteiger partial charge on any atom is -0.435 e. The lowest BCUT2D eigenvalue weighted by Crippen LogP contribution is -2.23. The quantitative estimate of drug-likeness (QED) is 0.746. The maximum Gasteiger partial charge on any atom is 0.387 e. The third kappa shape index (κ3) is 3.74. The molecule has 3 aromatic rings. The second-order valence-corrected chi connectivity index (χ2v) is 5.80. The van der Waals surface area contributed by atoms with Gasteiger partial charge in [0.15, 0.2) is 0 Å². The molecule has 27 heavy (non-hydrogen) atoms. The van der Waals surface area contributed by atoms with E-state index < -0.39 is 18.1 Å². The average molecular weight is 373 g/mol. The second kappa shape index (κ2) is 7.45. The van der Waals surface area contributed by atoms with Gasteiger partial charge in [0.25, 0.3) is 11.5 Å². The Morgan fingerprint density at radius 1 is 1.11 bits per heavy atom. The first-order chi connectivity index (χ1) is 12.9. The van der Waals surface area contributed by atoms with Crippen LogP contribution in [0.2, 0.25) is 0 Å². The molecular formula is C19H17F2N3O3. The molecule has 2 aromatic carbocycles. The Morgan fingerprint density at radius 2 is 1.81 bits per heavy atom. The molecule has 140 valence electrons. The van der Waals surface area contributed by atoms with Crippen LogP contribution in [0.5, 0.6) is 5.75 Å². The van der Waals surface area contributed by atoms with E-state index in [0.29, 0.717) is 11.4 Å². The van der Waals surface area contributed by atoms with Gasteiger partial charge < -0.3 is 10.1 Å². The van der Waals surface area contributed by atoms with Gasteiger partial charge in [0.1, 0.15) is 11.4 Å². The molecule has 0 aliphatic heterocycles. The Morgan fingerprint density at radius 3 is 2.48 bits per heavy atom. The highest BCUT2D eigenvalue weighted by Gasteiger charge is 2.19. The molecule has 1 N–H and O–H groups in total. The molecule has 0 saturated heterocycles. The molecule has 1 amide bonds. The van der Waals surface area contributed by atoms with Crippen molar-refractivity contribution in [3.63, 3.8) is 0 Å². The number of nitrogens with one attached hydrogen (secondary N) is 1. The third-order valence-corrected chi connectivity index (χ3v) is 4.11. The zero-order chi connectivity index (χ0) is 19.6. The summed E-state index contributed by atoms with van der Waals surface area (Å²) in [7, 11) is 1.70. The minimum atomic E-state index is -2.99.